The van der Waals surface area contributed by atoms with Gasteiger partial charge in [0.05, 0.1) is 17.1 Å². The molecule has 0 atom stereocenters. The predicted molar refractivity (Wildman–Crippen MR) is 96.1 cm³/mol. The molecule has 0 unspecified atom stereocenters. The maximum Gasteiger partial charge on any atom is 0.247 e. The molecular weight excluding hydrogens is 338 g/mol. The van der Waals surface area contributed by atoms with Crippen molar-refractivity contribution in [2.75, 3.05) is 0 Å². The topological polar surface area (TPSA) is 83.5 Å². The fourth-order valence-corrected chi connectivity index (χ4v) is 3.79. The Morgan fingerprint density at radius 2 is 1.48 bits per heavy atom. The second-order valence-corrected chi connectivity index (χ2v) is 9.05. The fraction of sp³-hybridized carbons (Fsp3) is 0.316. The van der Waals surface area contributed by atoms with Crippen molar-refractivity contribution in [2.24, 2.45) is 0 Å². The second kappa shape index (κ2) is 7.37. The normalized spacial score (nSPS) is 12.0. The Balaban J connectivity index is 2.14. The number of hydrogen-bond acceptors (Lipinski definition) is 4. The minimum atomic E-state index is -3.44. The molecule has 0 saturated heterocycles. The van der Waals surface area contributed by atoms with E-state index >= 15 is 0 Å². The predicted octanol–water partition coefficient (Wildman–Crippen LogP) is 3.01. The average Bonchev–Trinajstić information content (AvgIpc) is 2.55. The highest BCUT2D eigenvalue weighted by molar-refractivity contribution is 7.90. The van der Waals surface area contributed by atoms with E-state index in [-0.39, 0.29) is 17.6 Å². The molecule has 0 aliphatic rings. The van der Waals surface area contributed by atoms with Gasteiger partial charge in [0.15, 0.2) is 9.84 Å². The zero-order valence-corrected chi connectivity index (χ0v) is 15.4. The summed E-state index contributed by atoms with van der Waals surface area (Å²) >= 11 is 0. The first-order valence-corrected chi connectivity index (χ1v) is 9.61. The van der Waals surface area contributed by atoms with Gasteiger partial charge in [0.25, 0.3) is 0 Å². The molecule has 0 aliphatic carbocycles. The molecule has 25 heavy (non-hydrogen) atoms. The molecule has 134 valence electrons. The Labute approximate surface area is 148 Å². The number of amides is 1. The largest absolute Gasteiger partial charge is 0.289 e. The summed E-state index contributed by atoms with van der Waals surface area (Å²) in [5.41, 5.74) is 3.96. The third kappa shape index (κ3) is 5.14. The lowest BCUT2D eigenvalue weighted by molar-refractivity contribution is -0.128. The van der Waals surface area contributed by atoms with E-state index in [1.807, 2.05) is 12.1 Å². The van der Waals surface area contributed by atoms with Gasteiger partial charge in [-0.25, -0.2) is 13.9 Å². The van der Waals surface area contributed by atoms with Crippen LogP contribution >= 0.6 is 0 Å². The summed E-state index contributed by atoms with van der Waals surface area (Å²) in [6.07, 6.45) is 0.0395. The number of rotatable bonds is 5. The van der Waals surface area contributed by atoms with Crippen molar-refractivity contribution in [1.29, 1.82) is 0 Å². The molecule has 2 N–H and O–H groups in total. The highest BCUT2D eigenvalue weighted by atomic mass is 32.2. The maximum absolute atomic E-state index is 12.6. The van der Waals surface area contributed by atoms with E-state index in [0.717, 1.165) is 5.56 Å². The Kier molecular flexibility index (Phi) is 5.65. The van der Waals surface area contributed by atoms with Crippen molar-refractivity contribution in [3.05, 3.63) is 65.2 Å². The van der Waals surface area contributed by atoms with Crippen LogP contribution in [0.1, 0.15) is 37.5 Å². The number of carbonyl (C=O) groups is 1. The molecule has 0 aliphatic heterocycles. The first-order chi connectivity index (χ1) is 11.6. The van der Waals surface area contributed by atoms with E-state index in [9.17, 15) is 13.2 Å². The van der Waals surface area contributed by atoms with Gasteiger partial charge < -0.3 is 0 Å². The molecule has 6 heteroatoms. The standard InChI is InChI=1S/C19H23NO4S/c1-19(2,3)16-8-10-17(11-9-16)25(23,24)13-15-6-4-14(5-7-15)12-18(21)20-22/h4-11,22H,12-13H2,1-3H3,(H,20,21). The van der Waals surface area contributed by atoms with E-state index in [1.165, 1.54) is 0 Å². The zero-order valence-electron chi connectivity index (χ0n) is 14.6. The lowest BCUT2D eigenvalue weighted by atomic mass is 9.87. The van der Waals surface area contributed by atoms with Crippen LogP contribution in [0.3, 0.4) is 0 Å². The molecule has 0 heterocycles. The zero-order chi connectivity index (χ0) is 18.7. The molecule has 2 rings (SSSR count). The average molecular weight is 361 g/mol. The molecule has 1 amide bonds. The summed E-state index contributed by atoms with van der Waals surface area (Å²) in [6, 6.07) is 13.7. The molecule has 0 spiro atoms. The number of carbonyl (C=O) groups excluding carboxylic acids is 1. The Morgan fingerprint density at radius 3 is 1.96 bits per heavy atom. The van der Waals surface area contributed by atoms with Gasteiger partial charge in [-0.1, -0.05) is 57.2 Å². The molecule has 0 saturated carbocycles. The second-order valence-electron chi connectivity index (χ2n) is 7.06. The van der Waals surface area contributed by atoms with E-state index in [1.54, 1.807) is 41.9 Å². The van der Waals surface area contributed by atoms with E-state index in [4.69, 9.17) is 5.21 Å². The summed E-state index contributed by atoms with van der Waals surface area (Å²) in [7, 11) is -3.44. The SMILES string of the molecule is CC(C)(C)c1ccc(S(=O)(=O)Cc2ccc(CC(=O)NO)cc2)cc1. The van der Waals surface area contributed by atoms with E-state index < -0.39 is 15.7 Å². The minimum Gasteiger partial charge on any atom is -0.289 e. The van der Waals surface area contributed by atoms with Gasteiger partial charge in [-0.05, 0) is 34.2 Å². The van der Waals surface area contributed by atoms with Crippen LogP contribution in [-0.2, 0) is 32.2 Å². The summed E-state index contributed by atoms with van der Waals surface area (Å²) < 4.78 is 25.1. The first-order valence-electron chi connectivity index (χ1n) is 7.96. The van der Waals surface area contributed by atoms with Gasteiger partial charge in [0, 0.05) is 0 Å². The highest BCUT2D eigenvalue weighted by Crippen LogP contribution is 2.24. The van der Waals surface area contributed by atoms with Crippen molar-refractivity contribution in [1.82, 2.24) is 5.48 Å². The smallest absolute Gasteiger partial charge is 0.247 e. The van der Waals surface area contributed by atoms with Crippen molar-refractivity contribution in [2.45, 2.75) is 43.3 Å². The van der Waals surface area contributed by atoms with Crippen LogP contribution in [0.25, 0.3) is 0 Å². The number of benzene rings is 2. The van der Waals surface area contributed by atoms with Crippen molar-refractivity contribution >= 4 is 15.7 Å². The number of hydroxylamine groups is 1. The molecule has 5 nitrogen and oxygen atoms in total. The summed E-state index contributed by atoms with van der Waals surface area (Å²) in [5.74, 6) is -0.617. The van der Waals surface area contributed by atoms with Crippen LogP contribution in [0.2, 0.25) is 0 Å². The van der Waals surface area contributed by atoms with Crippen LogP contribution in [-0.4, -0.2) is 19.5 Å². The Bertz CT molecular complexity index is 832. The molecular formula is C19H23NO4S. The fourth-order valence-electron chi connectivity index (χ4n) is 2.44. The van der Waals surface area contributed by atoms with Crippen molar-refractivity contribution in [3.63, 3.8) is 0 Å². The summed E-state index contributed by atoms with van der Waals surface area (Å²) in [6.45, 7) is 6.24. The monoisotopic (exact) mass is 361 g/mol. The molecule has 0 bridgehead atoms. The van der Waals surface area contributed by atoms with E-state index in [2.05, 4.69) is 20.8 Å². The van der Waals surface area contributed by atoms with Crippen LogP contribution in [0.5, 0.6) is 0 Å². The molecule has 2 aromatic carbocycles. The number of sulfone groups is 1. The lowest BCUT2D eigenvalue weighted by Gasteiger charge is -2.19. The summed E-state index contributed by atoms with van der Waals surface area (Å²) in [5, 5.41) is 8.52. The van der Waals surface area contributed by atoms with Crippen LogP contribution in [0, 0.1) is 0 Å². The van der Waals surface area contributed by atoms with Gasteiger partial charge in [-0.2, -0.15) is 0 Å². The quantitative estimate of drug-likeness (QED) is 0.633. The maximum atomic E-state index is 12.6. The minimum absolute atomic E-state index is 0.0288. The van der Waals surface area contributed by atoms with E-state index in [0.29, 0.717) is 16.0 Å². The van der Waals surface area contributed by atoms with Gasteiger partial charge in [-0.15, -0.1) is 0 Å². The third-order valence-corrected chi connectivity index (χ3v) is 5.65. The van der Waals surface area contributed by atoms with Crippen LogP contribution in [0.4, 0.5) is 0 Å². The number of nitrogens with one attached hydrogen (secondary N) is 1. The highest BCUT2D eigenvalue weighted by Gasteiger charge is 2.18. The lowest BCUT2D eigenvalue weighted by Crippen LogP contribution is -2.20. The third-order valence-electron chi connectivity index (χ3n) is 3.95. The van der Waals surface area contributed by atoms with Crippen LogP contribution < -0.4 is 5.48 Å². The van der Waals surface area contributed by atoms with Gasteiger partial charge in [0.2, 0.25) is 5.91 Å². The van der Waals surface area contributed by atoms with Gasteiger partial charge in [0.1, 0.15) is 0 Å². The van der Waals surface area contributed by atoms with Gasteiger partial charge in [-0.3, -0.25) is 10.0 Å². The first kappa shape index (κ1) is 19.1. The molecule has 2 aromatic rings. The van der Waals surface area contributed by atoms with Gasteiger partial charge >= 0.3 is 0 Å². The molecule has 0 aromatic heterocycles. The molecule has 0 radical (unpaired) electrons. The number of hydrogen-bond donors (Lipinski definition) is 2. The van der Waals surface area contributed by atoms with Crippen LogP contribution in [0.15, 0.2) is 53.4 Å². The Morgan fingerprint density at radius 1 is 0.960 bits per heavy atom. The molecule has 0 fully saturated rings. The summed E-state index contributed by atoms with van der Waals surface area (Å²) in [4.78, 5) is 11.4. The Hall–Kier alpha value is -2.18. The van der Waals surface area contributed by atoms with Crippen molar-refractivity contribution in [3.8, 4) is 0 Å². The van der Waals surface area contributed by atoms with Crippen molar-refractivity contribution < 1.29 is 18.4 Å².